The minimum atomic E-state index is -0.133. The van der Waals surface area contributed by atoms with Crippen LogP contribution in [-0.2, 0) is 21.7 Å². The van der Waals surface area contributed by atoms with Gasteiger partial charge >= 0.3 is 0 Å². The number of rotatable bonds is 5. The molecule has 0 fully saturated rings. The van der Waals surface area contributed by atoms with Crippen LogP contribution >= 0.6 is 0 Å². The molecule has 0 saturated carbocycles. The van der Waals surface area contributed by atoms with E-state index in [1.54, 1.807) is 0 Å². The van der Waals surface area contributed by atoms with E-state index in [0.29, 0.717) is 6.67 Å². The van der Waals surface area contributed by atoms with Crippen LogP contribution in [0.4, 0.5) is 11.4 Å². The zero-order chi connectivity index (χ0) is 44.8. The van der Waals surface area contributed by atoms with Crippen LogP contribution < -0.4 is 14.5 Å². The third kappa shape index (κ3) is 8.72. The molecule has 0 saturated heterocycles. The van der Waals surface area contributed by atoms with Crippen molar-refractivity contribution in [2.45, 2.75) is 146 Å². The highest BCUT2D eigenvalue weighted by Gasteiger charge is 2.42. The van der Waals surface area contributed by atoms with Gasteiger partial charge in [0.25, 0.3) is 0 Å². The monoisotopic (exact) mass is 817 g/mol. The molecule has 61 heavy (non-hydrogen) atoms. The average Bonchev–Trinajstić information content (AvgIpc) is 3.71. The number of anilines is 2. The van der Waals surface area contributed by atoms with Gasteiger partial charge in [0.05, 0.1) is 17.7 Å². The van der Waals surface area contributed by atoms with Gasteiger partial charge in [0.15, 0.2) is 0 Å². The number of allylic oxidation sites excluding steroid dienone is 2. The summed E-state index contributed by atoms with van der Waals surface area (Å²) in [6.45, 7) is 42.4. The predicted octanol–water partition coefficient (Wildman–Crippen LogP) is 15.7. The molecule has 5 nitrogen and oxygen atoms in total. The fourth-order valence-corrected chi connectivity index (χ4v) is 8.75. The molecule has 0 N–H and O–H groups in total. The summed E-state index contributed by atoms with van der Waals surface area (Å²) >= 11 is 0. The molecular weight excluding hydrogens is 745 g/mol. The Hall–Kier alpha value is -5.03. The second-order valence-electron chi connectivity index (χ2n) is 23.7. The molecule has 0 bridgehead atoms. The SMILES string of the molecule is CC(C)(C)C1=C(C(C)(C)C)N(c2cc(C(C)(C)C)cc(C(C)(C)C)c2)CN1c1cccc(Oc2ccc3c4cc(C(C)(C)C)ccc4n(-c4cc(C(C)(C)C)ccn4)c3c2)c1. The number of pyridine rings is 1. The molecule has 2 aromatic heterocycles. The molecular formula is C56H72N4O. The number of ether oxygens (including phenoxy) is 1. The number of aromatic nitrogens is 2. The fourth-order valence-electron chi connectivity index (χ4n) is 8.75. The van der Waals surface area contributed by atoms with E-state index in [2.05, 4.69) is 230 Å². The zero-order valence-electron chi connectivity index (χ0n) is 40.6. The summed E-state index contributed by atoms with van der Waals surface area (Å²) in [5, 5.41) is 2.40. The molecule has 0 unspecified atom stereocenters. The van der Waals surface area contributed by atoms with Gasteiger partial charge in [-0.1, -0.05) is 143 Å². The predicted molar refractivity (Wildman–Crippen MR) is 262 cm³/mol. The molecule has 5 heteroatoms. The van der Waals surface area contributed by atoms with Crippen molar-refractivity contribution in [2.75, 3.05) is 16.5 Å². The summed E-state index contributed by atoms with van der Waals surface area (Å²) in [5.74, 6) is 2.50. The van der Waals surface area contributed by atoms with Crippen molar-refractivity contribution < 1.29 is 4.74 Å². The quantitative estimate of drug-likeness (QED) is 0.174. The van der Waals surface area contributed by atoms with Crippen molar-refractivity contribution in [1.82, 2.24) is 9.55 Å². The van der Waals surface area contributed by atoms with Crippen molar-refractivity contribution in [3.8, 4) is 17.3 Å². The molecule has 4 aromatic carbocycles. The Labute approximate surface area is 367 Å². The molecule has 0 spiro atoms. The van der Waals surface area contributed by atoms with Crippen LogP contribution in [0.2, 0.25) is 0 Å². The van der Waals surface area contributed by atoms with Crippen molar-refractivity contribution in [3.63, 3.8) is 0 Å². The lowest BCUT2D eigenvalue weighted by molar-refractivity contribution is 0.444. The van der Waals surface area contributed by atoms with E-state index >= 15 is 0 Å². The van der Waals surface area contributed by atoms with Crippen molar-refractivity contribution in [3.05, 3.63) is 131 Å². The third-order valence-electron chi connectivity index (χ3n) is 12.2. The van der Waals surface area contributed by atoms with E-state index < -0.39 is 0 Å². The van der Waals surface area contributed by atoms with Gasteiger partial charge in [-0.25, -0.2) is 4.98 Å². The highest BCUT2D eigenvalue weighted by molar-refractivity contribution is 6.09. The van der Waals surface area contributed by atoms with Crippen LogP contribution in [0.1, 0.15) is 147 Å². The fraction of sp³-hybridized carbons (Fsp3) is 0.446. The minimum Gasteiger partial charge on any atom is -0.457 e. The van der Waals surface area contributed by atoms with Gasteiger partial charge in [0.1, 0.15) is 17.3 Å². The largest absolute Gasteiger partial charge is 0.457 e. The average molecular weight is 817 g/mol. The van der Waals surface area contributed by atoms with Gasteiger partial charge in [0.2, 0.25) is 0 Å². The number of hydrogen-bond donors (Lipinski definition) is 0. The third-order valence-corrected chi connectivity index (χ3v) is 12.2. The van der Waals surface area contributed by atoms with E-state index in [1.165, 1.54) is 50.1 Å². The maximum atomic E-state index is 6.87. The smallest absolute Gasteiger partial charge is 0.137 e. The van der Waals surface area contributed by atoms with Gasteiger partial charge in [-0.3, -0.25) is 4.57 Å². The van der Waals surface area contributed by atoms with Crippen molar-refractivity contribution in [2.24, 2.45) is 10.8 Å². The van der Waals surface area contributed by atoms with Crippen molar-refractivity contribution in [1.29, 1.82) is 0 Å². The maximum absolute atomic E-state index is 6.87. The highest BCUT2D eigenvalue weighted by Crippen LogP contribution is 2.49. The summed E-state index contributed by atoms with van der Waals surface area (Å²) < 4.78 is 9.18. The number of nitrogens with zero attached hydrogens (tertiary/aromatic N) is 4. The van der Waals surface area contributed by atoms with Crippen LogP contribution in [-0.4, -0.2) is 16.2 Å². The van der Waals surface area contributed by atoms with Crippen LogP contribution in [0.5, 0.6) is 11.5 Å². The topological polar surface area (TPSA) is 33.5 Å². The van der Waals surface area contributed by atoms with E-state index in [-0.39, 0.29) is 32.5 Å². The van der Waals surface area contributed by atoms with Crippen LogP contribution in [0.3, 0.4) is 0 Å². The Kier molecular flexibility index (Phi) is 10.7. The summed E-state index contributed by atoms with van der Waals surface area (Å²) in [7, 11) is 0. The van der Waals surface area contributed by atoms with Crippen LogP contribution in [0.15, 0.2) is 109 Å². The van der Waals surface area contributed by atoms with Crippen LogP contribution in [0, 0.1) is 10.8 Å². The number of benzene rings is 4. The van der Waals surface area contributed by atoms with Gasteiger partial charge in [-0.15, -0.1) is 0 Å². The lowest BCUT2D eigenvalue weighted by Crippen LogP contribution is -2.31. The van der Waals surface area contributed by atoms with E-state index in [4.69, 9.17) is 9.72 Å². The molecule has 6 aromatic rings. The molecule has 0 radical (unpaired) electrons. The minimum absolute atomic E-state index is 0.0109. The molecule has 0 amide bonds. The maximum Gasteiger partial charge on any atom is 0.137 e. The zero-order valence-corrected chi connectivity index (χ0v) is 40.6. The summed E-state index contributed by atoms with van der Waals surface area (Å²) in [5.41, 5.74) is 12.3. The summed E-state index contributed by atoms with van der Waals surface area (Å²) in [6.07, 6.45) is 1.94. The second kappa shape index (κ2) is 14.8. The summed E-state index contributed by atoms with van der Waals surface area (Å²) in [6, 6.07) is 33.7. The first-order valence-corrected chi connectivity index (χ1v) is 22.3. The van der Waals surface area contributed by atoms with E-state index in [1.807, 2.05) is 6.20 Å². The first-order valence-electron chi connectivity index (χ1n) is 22.3. The Morgan fingerprint density at radius 1 is 0.426 bits per heavy atom. The lowest BCUT2D eigenvalue weighted by atomic mass is 9.79. The van der Waals surface area contributed by atoms with E-state index in [9.17, 15) is 0 Å². The normalized spacial score (nSPS) is 14.9. The Balaban J connectivity index is 1.34. The van der Waals surface area contributed by atoms with Gasteiger partial charge in [0, 0.05) is 62.7 Å². The molecule has 322 valence electrons. The highest BCUT2D eigenvalue weighted by atomic mass is 16.5. The molecule has 1 aliphatic rings. The molecule has 1 aliphatic heterocycles. The van der Waals surface area contributed by atoms with Gasteiger partial charge < -0.3 is 14.5 Å². The van der Waals surface area contributed by atoms with Crippen LogP contribution in [0.25, 0.3) is 27.6 Å². The molecule has 0 atom stereocenters. The first-order chi connectivity index (χ1) is 28.0. The standard InChI is InChI=1S/C56H72N4O/c1-51(2,3)36-22-25-46-45(31-36)44-24-23-43(34-47(44)60(46)48-32-37(26-27-57-48)52(4,5)6)61-42-21-19-20-40(33-42)58-35-59(50(56(16,17)18)49(58)55(13,14)15)41-29-38(53(7,8)9)28-39(30-41)54(10,11)12/h19-34H,35H2,1-18H3. The number of hydrogen-bond acceptors (Lipinski definition) is 4. The summed E-state index contributed by atoms with van der Waals surface area (Å²) in [4.78, 5) is 10.1. The second-order valence-corrected chi connectivity index (χ2v) is 23.7. The van der Waals surface area contributed by atoms with Crippen molar-refractivity contribution >= 4 is 33.2 Å². The molecule has 0 aliphatic carbocycles. The Morgan fingerprint density at radius 2 is 0.967 bits per heavy atom. The van der Waals surface area contributed by atoms with Gasteiger partial charge in [-0.05, 0) is 105 Å². The molecule has 3 heterocycles. The first kappa shape index (κ1) is 44.0. The number of fused-ring (bicyclic) bond motifs is 3. The van der Waals surface area contributed by atoms with E-state index in [0.717, 1.165) is 34.0 Å². The Bertz CT molecular complexity index is 2620. The lowest BCUT2D eigenvalue weighted by Gasteiger charge is -2.35. The molecule has 7 rings (SSSR count). The van der Waals surface area contributed by atoms with Gasteiger partial charge in [-0.2, -0.15) is 0 Å². The Morgan fingerprint density at radius 3 is 1.52 bits per heavy atom.